The summed E-state index contributed by atoms with van der Waals surface area (Å²) < 4.78 is 7.23. The van der Waals surface area contributed by atoms with E-state index in [4.69, 9.17) is 16.0 Å². The number of hydrogen-bond acceptors (Lipinski definition) is 5. The Balaban J connectivity index is 1.76. The zero-order valence-corrected chi connectivity index (χ0v) is 12.2. The Morgan fingerprint density at radius 2 is 2.10 bits per heavy atom. The molecule has 0 amide bonds. The highest BCUT2D eigenvalue weighted by atomic mass is 35.5. The van der Waals surface area contributed by atoms with Gasteiger partial charge in [-0.25, -0.2) is 4.68 Å². The summed E-state index contributed by atoms with van der Waals surface area (Å²) in [5, 5.41) is 15.0. The second-order valence-electron chi connectivity index (χ2n) is 4.49. The van der Waals surface area contributed by atoms with Gasteiger partial charge in [-0.3, -0.25) is 0 Å². The van der Waals surface area contributed by atoms with Crippen molar-refractivity contribution in [3.63, 3.8) is 0 Å². The molecule has 2 aromatic heterocycles. The molecule has 3 aromatic rings. The lowest BCUT2D eigenvalue weighted by Gasteiger charge is -2.09. The van der Waals surface area contributed by atoms with Crippen LogP contribution in [0, 0.1) is 0 Å². The number of tetrazole rings is 1. The molecule has 108 valence electrons. The molecule has 0 unspecified atom stereocenters. The highest BCUT2D eigenvalue weighted by Crippen LogP contribution is 2.25. The molecule has 1 aromatic carbocycles. The molecule has 0 fully saturated rings. The Morgan fingerprint density at radius 1 is 1.24 bits per heavy atom. The average Bonchev–Trinajstić information content (AvgIpc) is 3.18. The fourth-order valence-electron chi connectivity index (χ4n) is 1.96. The summed E-state index contributed by atoms with van der Waals surface area (Å²) in [7, 11) is 0. The predicted octanol–water partition coefficient (Wildman–Crippen LogP) is 3.08. The fourth-order valence-corrected chi connectivity index (χ4v) is 2.14. The Labute approximate surface area is 126 Å². The summed E-state index contributed by atoms with van der Waals surface area (Å²) in [4.78, 5) is 0. The molecule has 0 aliphatic heterocycles. The molecule has 7 heteroatoms. The third-order valence-corrected chi connectivity index (χ3v) is 3.41. The van der Waals surface area contributed by atoms with Gasteiger partial charge in [0.15, 0.2) is 0 Å². The molecule has 0 saturated heterocycles. The number of aromatic nitrogens is 4. The number of nitrogens with zero attached hydrogens (tertiary/aromatic N) is 4. The lowest BCUT2D eigenvalue weighted by atomic mass is 10.2. The molecule has 0 aliphatic rings. The Hall–Kier alpha value is -2.34. The second kappa shape index (κ2) is 5.97. The number of aryl methyl sites for hydroxylation is 1. The summed E-state index contributed by atoms with van der Waals surface area (Å²) in [6.07, 6.45) is 2.42. The second-order valence-corrected chi connectivity index (χ2v) is 4.90. The van der Waals surface area contributed by atoms with E-state index in [2.05, 4.69) is 27.8 Å². The van der Waals surface area contributed by atoms with Gasteiger partial charge in [-0.2, -0.15) is 0 Å². The van der Waals surface area contributed by atoms with E-state index < -0.39 is 0 Å². The largest absolute Gasteiger partial charge is 0.464 e. The van der Waals surface area contributed by atoms with Gasteiger partial charge in [-0.05, 0) is 40.8 Å². The van der Waals surface area contributed by atoms with Gasteiger partial charge in [0.25, 0.3) is 0 Å². The van der Waals surface area contributed by atoms with Crippen LogP contribution >= 0.6 is 11.6 Å². The standard InChI is InChI=1S/C14H14ClN5O/c1-2-11-4-5-12(21-11)8-16-14-7-10(3-6-13(14)15)20-9-17-18-19-20/h3-7,9,16H,2,8H2,1H3. The Bertz CT molecular complexity index is 723. The molecule has 0 aliphatic carbocycles. The van der Waals surface area contributed by atoms with Crippen molar-refractivity contribution < 1.29 is 4.42 Å². The number of benzene rings is 1. The van der Waals surface area contributed by atoms with Crippen LogP contribution in [0.25, 0.3) is 5.69 Å². The van der Waals surface area contributed by atoms with Crippen molar-refractivity contribution in [2.24, 2.45) is 0 Å². The van der Waals surface area contributed by atoms with E-state index in [0.717, 1.165) is 29.3 Å². The van der Waals surface area contributed by atoms with Crippen molar-refractivity contribution >= 4 is 17.3 Å². The van der Waals surface area contributed by atoms with Crippen LogP contribution in [0.3, 0.4) is 0 Å². The summed E-state index contributed by atoms with van der Waals surface area (Å²) in [6, 6.07) is 9.50. The van der Waals surface area contributed by atoms with E-state index in [9.17, 15) is 0 Å². The molecule has 2 heterocycles. The van der Waals surface area contributed by atoms with Crippen LogP contribution < -0.4 is 5.32 Å². The van der Waals surface area contributed by atoms with Gasteiger partial charge in [0.05, 0.1) is 22.9 Å². The van der Waals surface area contributed by atoms with Crippen LogP contribution in [0.1, 0.15) is 18.4 Å². The van der Waals surface area contributed by atoms with Crippen molar-refractivity contribution in [3.8, 4) is 5.69 Å². The molecule has 6 nitrogen and oxygen atoms in total. The van der Waals surface area contributed by atoms with E-state index >= 15 is 0 Å². The first kappa shape index (κ1) is 13.6. The van der Waals surface area contributed by atoms with Crippen LogP contribution in [-0.2, 0) is 13.0 Å². The number of halogens is 1. The molecule has 0 bridgehead atoms. The maximum atomic E-state index is 6.20. The Morgan fingerprint density at radius 3 is 2.81 bits per heavy atom. The lowest BCUT2D eigenvalue weighted by Crippen LogP contribution is -2.01. The van der Waals surface area contributed by atoms with Gasteiger partial charge in [-0.1, -0.05) is 18.5 Å². The first-order chi connectivity index (χ1) is 10.3. The molecule has 0 spiro atoms. The van der Waals surface area contributed by atoms with Crippen LogP contribution in [-0.4, -0.2) is 20.2 Å². The van der Waals surface area contributed by atoms with Gasteiger partial charge in [-0.15, -0.1) is 5.10 Å². The normalized spacial score (nSPS) is 10.8. The summed E-state index contributed by atoms with van der Waals surface area (Å²) in [6.45, 7) is 2.63. The third-order valence-electron chi connectivity index (χ3n) is 3.08. The van der Waals surface area contributed by atoms with Crippen LogP contribution in [0.15, 0.2) is 41.1 Å². The molecule has 0 atom stereocenters. The number of rotatable bonds is 5. The number of furan rings is 1. The smallest absolute Gasteiger partial charge is 0.143 e. The maximum absolute atomic E-state index is 6.20. The van der Waals surface area contributed by atoms with Crippen molar-refractivity contribution in [1.29, 1.82) is 0 Å². The molecular weight excluding hydrogens is 290 g/mol. The van der Waals surface area contributed by atoms with Crippen molar-refractivity contribution in [2.45, 2.75) is 19.9 Å². The molecule has 1 N–H and O–H groups in total. The predicted molar refractivity (Wildman–Crippen MR) is 79.6 cm³/mol. The highest BCUT2D eigenvalue weighted by molar-refractivity contribution is 6.33. The molecule has 0 saturated carbocycles. The fraction of sp³-hybridized carbons (Fsp3) is 0.214. The first-order valence-corrected chi connectivity index (χ1v) is 6.98. The third kappa shape index (κ3) is 3.05. The number of anilines is 1. The van der Waals surface area contributed by atoms with Crippen molar-refractivity contribution in [1.82, 2.24) is 20.2 Å². The van der Waals surface area contributed by atoms with Crippen LogP contribution in [0.5, 0.6) is 0 Å². The van der Waals surface area contributed by atoms with Crippen LogP contribution in [0.2, 0.25) is 5.02 Å². The van der Waals surface area contributed by atoms with E-state index in [1.165, 1.54) is 6.33 Å². The minimum atomic E-state index is 0.568. The van der Waals surface area contributed by atoms with Gasteiger partial charge in [0, 0.05) is 6.42 Å². The van der Waals surface area contributed by atoms with Crippen LogP contribution in [0.4, 0.5) is 5.69 Å². The van der Waals surface area contributed by atoms with E-state index in [1.54, 1.807) is 10.7 Å². The SMILES string of the molecule is CCc1ccc(CNc2cc(-n3cnnn3)ccc2Cl)o1. The zero-order chi connectivity index (χ0) is 14.7. The average molecular weight is 304 g/mol. The maximum Gasteiger partial charge on any atom is 0.143 e. The Kier molecular flexibility index (Phi) is 3.87. The van der Waals surface area contributed by atoms with Gasteiger partial charge < -0.3 is 9.73 Å². The molecule has 0 radical (unpaired) electrons. The topological polar surface area (TPSA) is 68.8 Å². The monoisotopic (exact) mass is 303 g/mol. The summed E-state index contributed by atoms with van der Waals surface area (Å²) in [5.74, 6) is 1.84. The van der Waals surface area contributed by atoms with E-state index in [1.807, 2.05) is 24.3 Å². The molecule has 3 rings (SSSR count). The summed E-state index contributed by atoms with van der Waals surface area (Å²) >= 11 is 6.20. The minimum absolute atomic E-state index is 0.568. The van der Waals surface area contributed by atoms with Crippen molar-refractivity contribution in [3.05, 3.63) is 53.2 Å². The summed E-state index contributed by atoms with van der Waals surface area (Å²) in [5.41, 5.74) is 1.64. The van der Waals surface area contributed by atoms with Crippen molar-refractivity contribution in [2.75, 3.05) is 5.32 Å². The number of nitrogens with one attached hydrogen (secondary N) is 1. The van der Waals surface area contributed by atoms with Gasteiger partial charge in [0.2, 0.25) is 0 Å². The highest BCUT2D eigenvalue weighted by Gasteiger charge is 2.06. The quantitative estimate of drug-likeness (QED) is 0.784. The molecule has 21 heavy (non-hydrogen) atoms. The number of hydrogen-bond donors (Lipinski definition) is 1. The zero-order valence-electron chi connectivity index (χ0n) is 11.5. The van der Waals surface area contributed by atoms with E-state index in [0.29, 0.717) is 11.6 Å². The minimum Gasteiger partial charge on any atom is -0.464 e. The van der Waals surface area contributed by atoms with Gasteiger partial charge in [0.1, 0.15) is 17.8 Å². The molecular formula is C14H14ClN5O. The van der Waals surface area contributed by atoms with E-state index in [-0.39, 0.29) is 0 Å². The van der Waals surface area contributed by atoms with Gasteiger partial charge >= 0.3 is 0 Å². The first-order valence-electron chi connectivity index (χ1n) is 6.60. The lowest BCUT2D eigenvalue weighted by molar-refractivity contribution is 0.476.